The largest absolute Gasteiger partial charge is 0.323 e. The molecule has 0 unspecified atom stereocenters. The number of amides is 3. The van der Waals surface area contributed by atoms with E-state index in [0.717, 1.165) is 14.7 Å². The minimum absolute atomic E-state index is 0.0775. The average Bonchev–Trinajstić information content (AvgIpc) is 2.98. The first-order valence-corrected chi connectivity index (χ1v) is 9.18. The van der Waals surface area contributed by atoms with Gasteiger partial charge in [-0.05, 0) is 42.5 Å². The Labute approximate surface area is 156 Å². The lowest BCUT2D eigenvalue weighted by Gasteiger charge is -2.07. The van der Waals surface area contributed by atoms with E-state index in [4.69, 9.17) is 0 Å². The van der Waals surface area contributed by atoms with Crippen molar-refractivity contribution in [3.8, 4) is 0 Å². The number of aromatic nitrogens is 1. The van der Waals surface area contributed by atoms with Crippen LogP contribution < -0.4 is 16.0 Å². The Morgan fingerprint density at radius 2 is 1.72 bits per heavy atom. The smallest absolute Gasteiger partial charge is 0.308 e. The van der Waals surface area contributed by atoms with Crippen molar-refractivity contribution in [1.29, 1.82) is 0 Å². The van der Waals surface area contributed by atoms with Crippen molar-refractivity contribution in [1.82, 2.24) is 4.98 Å². The molecular weight excluding hydrogens is 404 g/mol. The second kappa shape index (κ2) is 7.62. The van der Waals surface area contributed by atoms with Crippen LogP contribution in [0.4, 0.5) is 21.3 Å². The van der Waals surface area contributed by atoms with Crippen LogP contribution in [0.5, 0.6) is 0 Å². The molecule has 25 heavy (non-hydrogen) atoms. The van der Waals surface area contributed by atoms with Gasteiger partial charge in [0.15, 0.2) is 5.13 Å². The van der Waals surface area contributed by atoms with Crippen LogP contribution in [0.25, 0.3) is 10.2 Å². The molecule has 0 aliphatic rings. The molecule has 1 aromatic heterocycles. The molecule has 1 heterocycles. The van der Waals surface area contributed by atoms with Crippen LogP contribution >= 0.6 is 27.3 Å². The van der Waals surface area contributed by atoms with Crippen LogP contribution in [0.1, 0.15) is 13.3 Å². The third-order valence-corrected chi connectivity index (χ3v) is 4.80. The molecule has 0 saturated carbocycles. The van der Waals surface area contributed by atoms with E-state index in [1.807, 2.05) is 18.2 Å². The molecule has 0 aliphatic heterocycles. The van der Waals surface area contributed by atoms with Gasteiger partial charge in [-0.25, -0.2) is 9.78 Å². The summed E-state index contributed by atoms with van der Waals surface area (Å²) in [7, 11) is 0. The van der Waals surface area contributed by atoms with E-state index in [2.05, 4.69) is 36.9 Å². The van der Waals surface area contributed by atoms with Crippen molar-refractivity contribution in [2.45, 2.75) is 13.3 Å². The van der Waals surface area contributed by atoms with Gasteiger partial charge in [-0.2, -0.15) is 0 Å². The molecule has 8 heteroatoms. The van der Waals surface area contributed by atoms with Gasteiger partial charge in [0.2, 0.25) is 5.91 Å². The predicted molar refractivity (Wildman–Crippen MR) is 105 cm³/mol. The number of nitrogens with one attached hydrogen (secondary N) is 3. The summed E-state index contributed by atoms with van der Waals surface area (Å²) in [6.45, 7) is 1.79. The first kappa shape index (κ1) is 17.4. The lowest BCUT2D eigenvalue weighted by Crippen LogP contribution is -2.19. The van der Waals surface area contributed by atoms with E-state index in [0.29, 0.717) is 22.9 Å². The zero-order valence-corrected chi connectivity index (χ0v) is 15.7. The van der Waals surface area contributed by atoms with Crippen LogP contribution in [0.3, 0.4) is 0 Å². The number of nitrogens with zero attached hydrogens (tertiary/aromatic N) is 1. The van der Waals surface area contributed by atoms with Crippen molar-refractivity contribution in [2.24, 2.45) is 0 Å². The van der Waals surface area contributed by atoms with E-state index in [1.54, 1.807) is 31.2 Å². The highest BCUT2D eigenvalue weighted by Gasteiger charge is 2.09. The second-order valence-corrected chi connectivity index (χ2v) is 7.14. The van der Waals surface area contributed by atoms with Gasteiger partial charge < -0.3 is 16.0 Å². The molecule has 2 aromatic carbocycles. The first-order valence-electron chi connectivity index (χ1n) is 7.57. The summed E-state index contributed by atoms with van der Waals surface area (Å²) in [6.07, 6.45) is 0.402. The highest BCUT2D eigenvalue weighted by Crippen LogP contribution is 2.28. The zero-order chi connectivity index (χ0) is 17.8. The standard InChI is InChI=1S/C17H15BrN4O2S/c1-2-15(23)22-17-21-13-9-12(7-8-14(13)25-17)20-16(24)19-11-5-3-10(18)4-6-11/h3-9H,2H2,1H3,(H2,19,20,24)(H,21,22,23). The van der Waals surface area contributed by atoms with Gasteiger partial charge >= 0.3 is 6.03 Å². The molecule has 6 nitrogen and oxygen atoms in total. The maximum absolute atomic E-state index is 12.1. The fourth-order valence-electron chi connectivity index (χ4n) is 2.09. The highest BCUT2D eigenvalue weighted by atomic mass is 79.9. The maximum Gasteiger partial charge on any atom is 0.323 e. The molecule has 0 spiro atoms. The Hall–Kier alpha value is -2.45. The molecule has 0 saturated heterocycles. The number of halogens is 1. The Balaban J connectivity index is 1.69. The second-order valence-electron chi connectivity index (χ2n) is 5.19. The van der Waals surface area contributed by atoms with Crippen molar-refractivity contribution >= 4 is 65.9 Å². The summed E-state index contributed by atoms with van der Waals surface area (Å²) >= 11 is 4.75. The maximum atomic E-state index is 12.1. The number of anilines is 3. The molecule has 3 aromatic rings. The monoisotopic (exact) mass is 418 g/mol. The minimum Gasteiger partial charge on any atom is -0.308 e. The molecule has 3 rings (SSSR count). The van der Waals surface area contributed by atoms with Crippen molar-refractivity contribution in [2.75, 3.05) is 16.0 Å². The zero-order valence-electron chi connectivity index (χ0n) is 13.3. The van der Waals surface area contributed by atoms with Gasteiger partial charge in [0.1, 0.15) is 0 Å². The van der Waals surface area contributed by atoms with Gasteiger partial charge in [0, 0.05) is 22.3 Å². The van der Waals surface area contributed by atoms with E-state index < -0.39 is 0 Å². The SMILES string of the molecule is CCC(=O)Nc1nc2cc(NC(=O)Nc3ccc(Br)cc3)ccc2s1. The van der Waals surface area contributed by atoms with Crippen molar-refractivity contribution in [3.05, 3.63) is 46.9 Å². The first-order chi connectivity index (χ1) is 12.0. The van der Waals surface area contributed by atoms with Crippen LogP contribution in [-0.2, 0) is 4.79 Å². The molecule has 3 N–H and O–H groups in total. The van der Waals surface area contributed by atoms with Crippen LogP contribution in [0.15, 0.2) is 46.9 Å². The van der Waals surface area contributed by atoms with Crippen LogP contribution in [0, 0.1) is 0 Å². The third-order valence-electron chi connectivity index (χ3n) is 3.31. The topological polar surface area (TPSA) is 83.1 Å². The Kier molecular flexibility index (Phi) is 5.30. The average molecular weight is 419 g/mol. The lowest BCUT2D eigenvalue weighted by molar-refractivity contribution is -0.115. The van der Waals surface area contributed by atoms with E-state index in [1.165, 1.54) is 11.3 Å². The molecule has 0 bridgehead atoms. The number of benzene rings is 2. The van der Waals surface area contributed by atoms with Crippen molar-refractivity contribution in [3.63, 3.8) is 0 Å². The molecule has 0 aliphatic carbocycles. The van der Waals surface area contributed by atoms with Gasteiger partial charge in [-0.1, -0.05) is 34.2 Å². The van der Waals surface area contributed by atoms with Gasteiger partial charge in [-0.3, -0.25) is 4.79 Å². The number of urea groups is 1. The van der Waals surface area contributed by atoms with E-state index in [-0.39, 0.29) is 11.9 Å². The lowest BCUT2D eigenvalue weighted by atomic mass is 10.3. The highest BCUT2D eigenvalue weighted by molar-refractivity contribution is 9.10. The summed E-state index contributed by atoms with van der Waals surface area (Å²) in [5.74, 6) is -0.0775. The predicted octanol–water partition coefficient (Wildman–Crippen LogP) is 5.05. The molecule has 0 fully saturated rings. The number of carbonyl (C=O) groups is 2. The molecule has 128 valence electrons. The quantitative estimate of drug-likeness (QED) is 0.553. The summed E-state index contributed by atoms with van der Waals surface area (Å²) in [5, 5.41) is 8.83. The molecule has 0 radical (unpaired) electrons. The summed E-state index contributed by atoms with van der Waals surface area (Å²) < 4.78 is 1.88. The minimum atomic E-state index is -0.337. The van der Waals surface area contributed by atoms with E-state index >= 15 is 0 Å². The Morgan fingerprint density at radius 1 is 1.04 bits per heavy atom. The fraction of sp³-hybridized carbons (Fsp3) is 0.118. The number of carbonyl (C=O) groups excluding carboxylic acids is 2. The van der Waals surface area contributed by atoms with Gasteiger partial charge in [0.05, 0.1) is 10.2 Å². The van der Waals surface area contributed by atoms with Crippen LogP contribution in [-0.4, -0.2) is 16.9 Å². The van der Waals surface area contributed by atoms with Crippen LogP contribution in [0.2, 0.25) is 0 Å². The Morgan fingerprint density at radius 3 is 2.44 bits per heavy atom. The number of rotatable bonds is 4. The fourth-order valence-corrected chi connectivity index (χ4v) is 3.22. The normalized spacial score (nSPS) is 10.5. The summed E-state index contributed by atoms with van der Waals surface area (Å²) in [5.41, 5.74) is 2.04. The number of fused-ring (bicyclic) bond motifs is 1. The molecular formula is C17H15BrN4O2S. The summed E-state index contributed by atoms with van der Waals surface area (Å²) in [4.78, 5) is 27.9. The number of hydrogen-bond donors (Lipinski definition) is 3. The molecule has 0 atom stereocenters. The Bertz CT molecular complexity index is 924. The third kappa shape index (κ3) is 4.55. The molecule has 3 amide bonds. The van der Waals surface area contributed by atoms with Gasteiger partial charge in [-0.15, -0.1) is 0 Å². The number of thiazole rings is 1. The summed E-state index contributed by atoms with van der Waals surface area (Å²) in [6, 6.07) is 12.4. The van der Waals surface area contributed by atoms with Gasteiger partial charge in [0.25, 0.3) is 0 Å². The van der Waals surface area contributed by atoms with Crippen molar-refractivity contribution < 1.29 is 9.59 Å². The van der Waals surface area contributed by atoms with E-state index in [9.17, 15) is 9.59 Å². The number of hydrogen-bond acceptors (Lipinski definition) is 4.